The third kappa shape index (κ3) is 3.63. The van der Waals surface area contributed by atoms with Gasteiger partial charge in [-0.2, -0.15) is 0 Å². The zero-order valence-electron chi connectivity index (χ0n) is 17.2. The topological polar surface area (TPSA) is 64.6 Å². The molecule has 0 bridgehead atoms. The van der Waals surface area contributed by atoms with Crippen molar-refractivity contribution in [3.05, 3.63) is 53.1 Å². The Balaban J connectivity index is 2.01. The van der Waals surface area contributed by atoms with E-state index in [0.29, 0.717) is 17.7 Å². The fourth-order valence-electron chi connectivity index (χ4n) is 3.94. The first-order valence-corrected chi connectivity index (χ1v) is 11.2. The van der Waals surface area contributed by atoms with E-state index in [4.69, 9.17) is 9.47 Å². The SMILES string of the molecule is CCC1(CC)C[C@H](NS(=O)(=O)c2ccc(OC)c(C)c2C)c2ccccc2O1. The van der Waals surface area contributed by atoms with Gasteiger partial charge in [-0.15, -0.1) is 0 Å². The lowest BCUT2D eigenvalue weighted by molar-refractivity contribution is 0.0260. The summed E-state index contributed by atoms with van der Waals surface area (Å²) in [5.41, 5.74) is 2.04. The number of nitrogens with one attached hydrogen (secondary N) is 1. The number of rotatable bonds is 6. The van der Waals surface area contributed by atoms with Crippen molar-refractivity contribution in [1.82, 2.24) is 4.72 Å². The van der Waals surface area contributed by atoms with E-state index in [2.05, 4.69) is 18.6 Å². The van der Waals surface area contributed by atoms with Crippen LogP contribution in [0.5, 0.6) is 11.5 Å². The van der Waals surface area contributed by atoms with Crippen molar-refractivity contribution in [2.24, 2.45) is 0 Å². The van der Waals surface area contributed by atoms with Crippen LogP contribution in [0, 0.1) is 13.8 Å². The van der Waals surface area contributed by atoms with Crippen LogP contribution in [0.4, 0.5) is 0 Å². The van der Waals surface area contributed by atoms with E-state index in [1.165, 1.54) is 0 Å². The molecule has 1 heterocycles. The molecule has 2 aromatic carbocycles. The zero-order valence-corrected chi connectivity index (χ0v) is 18.0. The Morgan fingerprint density at radius 3 is 2.43 bits per heavy atom. The van der Waals surface area contributed by atoms with Crippen LogP contribution in [0.25, 0.3) is 0 Å². The number of benzene rings is 2. The maximum Gasteiger partial charge on any atom is 0.241 e. The molecule has 152 valence electrons. The van der Waals surface area contributed by atoms with Crippen molar-refractivity contribution in [2.45, 2.75) is 63.5 Å². The van der Waals surface area contributed by atoms with Gasteiger partial charge in [0.1, 0.15) is 17.1 Å². The average molecular weight is 404 g/mol. The summed E-state index contributed by atoms with van der Waals surface area (Å²) in [6.45, 7) is 7.85. The van der Waals surface area contributed by atoms with Crippen LogP contribution in [0.15, 0.2) is 41.3 Å². The van der Waals surface area contributed by atoms with E-state index in [0.717, 1.165) is 29.7 Å². The molecule has 2 aromatic rings. The highest BCUT2D eigenvalue weighted by Crippen LogP contribution is 2.43. The van der Waals surface area contributed by atoms with Gasteiger partial charge in [0, 0.05) is 12.0 Å². The number of sulfonamides is 1. The average Bonchev–Trinajstić information content (AvgIpc) is 2.69. The van der Waals surface area contributed by atoms with Crippen LogP contribution >= 0.6 is 0 Å². The van der Waals surface area contributed by atoms with Crippen molar-refractivity contribution in [1.29, 1.82) is 0 Å². The lowest BCUT2D eigenvalue weighted by Gasteiger charge is -2.41. The van der Waals surface area contributed by atoms with E-state index < -0.39 is 10.0 Å². The molecule has 1 atom stereocenters. The molecule has 6 heteroatoms. The van der Waals surface area contributed by atoms with Crippen LogP contribution < -0.4 is 14.2 Å². The van der Waals surface area contributed by atoms with Crippen LogP contribution in [-0.4, -0.2) is 21.1 Å². The van der Waals surface area contributed by atoms with Gasteiger partial charge in [0.25, 0.3) is 0 Å². The molecule has 5 nitrogen and oxygen atoms in total. The normalized spacial score (nSPS) is 18.2. The first-order chi connectivity index (χ1) is 13.3. The Labute approximate surface area is 168 Å². The maximum atomic E-state index is 13.3. The van der Waals surface area contributed by atoms with Crippen molar-refractivity contribution in [3.8, 4) is 11.5 Å². The smallest absolute Gasteiger partial charge is 0.241 e. The molecule has 0 saturated carbocycles. The minimum atomic E-state index is -3.71. The molecule has 0 aliphatic carbocycles. The number of ether oxygens (including phenoxy) is 2. The largest absolute Gasteiger partial charge is 0.496 e. The molecular formula is C22H29NO4S. The molecule has 0 fully saturated rings. The summed E-state index contributed by atoms with van der Waals surface area (Å²) < 4.78 is 41.1. The molecule has 0 unspecified atom stereocenters. The van der Waals surface area contributed by atoms with Crippen molar-refractivity contribution >= 4 is 10.0 Å². The molecule has 1 N–H and O–H groups in total. The Kier molecular flexibility index (Phi) is 5.73. The maximum absolute atomic E-state index is 13.3. The highest BCUT2D eigenvalue weighted by molar-refractivity contribution is 7.89. The Morgan fingerprint density at radius 1 is 1.11 bits per heavy atom. The Hall–Kier alpha value is -2.05. The first kappa shape index (κ1) is 20.7. The molecule has 1 aliphatic rings. The van der Waals surface area contributed by atoms with E-state index >= 15 is 0 Å². The van der Waals surface area contributed by atoms with Gasteiger partial charge >= 0.3 is 0 Å². The summed E-state index contributed by atoms with van der Waals surface area (Å²) in [6.07, 6.45) is 2.23. The minimum absolute atomic E-state index is 0.286. The molecule has 0 spiro atoms. The lowest BCUT2D eigenvalue weighted by atomic mass is 9.84. The molecular weight excluding hydrogens is 374 g/mol. The van der Waals surface area contributed by atoms with Gasteiger partial charge in [-0.3, -0.25) is 0 Å². The highest BCUT2D eigenvalue weighted by atomic mass is 32.2. The lowest BCUT2D eigenvalue weighted by Crippen LogP contribution is -2.44. The predicted molar refractivity (Wildman–Crippen MR) is 111 cm³/mol. The highest BCUT2D eigenvalue weighted by Gasteiger charge is 2.40. The van der Waals surface area contributed by atoms with Crippen molar-refractivity contribution < 1.29 is 17.9 Å². The third-order valence-electron chi connectivity index (χ3n) is 5.98. The monoisotopic (exact) mass is 403 g/mol. The van der Waals surface area contributed by atoms with Crippen LogP contribution in [0.3, 0.4) is 0 Å². The van der Waals surface area contributed by atoms with E-state index in [1.54, 1.807) is 19.2 Å². The van der Waals surface area contributed by atoms with E-state index in [1.807, 2.05) is 38.1 Å². The molecule has 28 heavy (non-hydrogen) atoms. The second kappa shape index (κ2) is 7.76. The zero-order chi connectivity index (χ0) is 20.5. The van der Waals surface area contributed by atoms with E-state index in [9.17, 15) is 8.42 Å². The van der Waals surface area contributed by atoms with Crippen LogP contribution in [-0.2, 0) is 10.0 Å². The summed E-state index contributed by atoms with van der Waals surface area (Å²) in [6, 6.07) is 10.7. The molecule has 0 saturated heterocycles. The Bertz CT molecular complexity index is 964. The fourth-order valence-corrected chi connectivity index (χ4v) is 5.46. The molecule has 1 aliphatic heterocycles. The molecule has 3 rings (SSSR count). The number of hydrogen-bond donors (Lipinski definition) is 1. The van der Waals surface area contributed by atoms with Crippen molar-refractivity contribution in [3.63, 3.8) is 0 Å². The van der Waals surface area contributed by atoms with Gasteiger partial charge in [-0.1, -0.05) is 32.0 Å². The second-order valence-corrected chi connectivity index (χ2v) is 9.11. The Morgan fingerprint density at radius 2 is 1.79 bits per heavy atom. The molecule has 0 radical (unpaired) electrons. The molecule has 0 amide bonds. The van der Waals surface area contributed by atoms with Crippen molar-refractivity contribution in [2.75, 3.05) is 7.11 Å². The quantitative estimate of drug-likeness (QED) is 0.761. The van der Waals surface area contributed by atoms with Gasteiger partial charge in [0.15, 0.2) is 0 Å². The summed E-state index contributed by atoms with van der Waals surface area (Å²) in [5.74, 6) is 1.44. The second-order valence-electron chi connectivity index (χ2n) is 7.42. The standard InChI is InChI=1S/C22H29NO4S/c1-6-22(7-2)14-18(17-10-8-9-11-20(17)27-22)23-28(24,25)21-13-12-19(26-5)15(3)16(21)4/h8-13,18,23H,6-7,14H2,1-5H3/t18-/m0/s1. The predicted octanol–water partition coefficient (Wildman–Crippen LogP) is 4.67. The summed E-state index contributed by atoms with van der Waals surface area (Å²) in [5, 5.41) is 0. The van der Waals surface area contributed by atoms with Gasteiger partial charge in [-0.05, 0) is 56.0 Å². The van der Waals surface area contributed by atoms with Gasteiger partial charge in [-0.25, -0.2) is 13.1 Å². The third-order valence-corrected chi connectivity index (χ3v) is 7.60. The van der Waals surface area contributed by atoms with Crippen LogP contribution in [0.2, 0.25) is 0 Å². The van der Waals surface area contributed by atoms with Crippen LogP contribution in [0.1, 0.15) is 55.8 Å². The fraction of sp³-hybridized carbons (Fsp3) is 0.455. The number of para-hydroxylation sites is 1. The summed E-state index contributed by atoms with van der Waals surface area (Å²) in [4.78, 5) is 0.286. The number of fused-ring (bicyclic) bond motifs is 1. The van der Waals surface area contributed by atoms with E-state index in [-0.39, 0.29) is 16.5 Å². The summed E-state index contributed by atoms with van der Waals surface area (Å²) in [7, 11) is -2.12. The van der Waals surface area contributed by atoms with Gasteiger partial charge in [0.2, 0.25) is 10.0 Å². The van der Waals surface area contributed by atoms with Gasteiger partial charge < -0.3 is 9.47 Å². The first-order valence-electron chi connectivity index (χ1n) is 9.71. The number of methoxy groups -OCH3 is 1. The summed E-state index contributed by atoms with van der Waals surface area (Å²) >= 11 is 0. The van der Waals surface area contributed by atoms with Gasteiger partial charge in [0.05, 0.1) is 18.0 Å². The molecule has 0 aromatic heterocycles. The minimum Gasteiger partial charge on any atom is -0.496 e. The number of hydrogen-bond acceptors (Lipinski definition) is 4.